The molecule has 84 valence electrons. The summed E-state index contributed by atoms with van der Waals surface area (Å²) in [6.07, 6.45) is 3.69. The molecular weight excluding hydrogens is 210 g/mol. The van der Waals surface area contributed by atoms with Crippen molar-refractivity contribution in [3.63, 3.8) is 0 Å². The summed E-state index contributed by atoms with van der Waals surface area (Å²) in [5, 5.41) is 0.813. The van der Waals surface area contributed by atoms with E-state index in [-0.39, 0.29) is 11.2 Å². The zero-order chi connectivity index (χ0) is 11.4. The van der Waals surface area contributed by atoms with Crippen molar-refractivity contribution in [2.24, 2.45) is 0 Å². The van der Waals surface area contributed by atoms with E-state index in [1.54, 1.807) is 25.2 Å². The number of nitrogens with zero attached hydrogens (tertiary/aromatic N) is 3. The molecule has 0 aliphatic carbocycles. The Bertz CT molecular complexity index is 335. The summed E-state index contributed by atoms with van der Waals surface area (Å²) in [4.78, 5) is 17.5. The number of aryl methyl sites for hydroxylation is 1. The summed E-state index contributed by atoms with van der Waals surface area (Å²) in [7, 11) is 3.54. The van der Waals surface area contributed by atoms with Crippen molar-refractivity contribution < 1.29 is 4.79 Å². The van der Waals surface area contributed by atoms with Crippen LogP contribution >= 0.6 is 11.8 Å². The minimum Gasteiger partial charge on any atom is -0.348 e. The lowest BCUT2D eigenvalue weighted by Gasteiger charge is -2.16. The van der Waals surface area contributed by atoms with Gasteiger partial charge in [-0.2, -0.15) is 0 Å². The van der Waals surface area contributed by atoms with Gasteiger partial charge in [0.05, 0.1) is 5.25 Å². The largest absolute Gasteiger partial charge is 0.348 e. The van der Waals surface area contributed by atoms with E-state index in [0.29, 0.717) is 0 Å². The van der Waals surface area contributed by atoms with Crippen molar-refractivity contribution >= 4 is 17.7 Å². The fraction of sp³-hybridized carbons (Fsp3) is 0.600. The number of carbonyl (C=O) groups is 1. The topological polar surface area (TPSA) is 38.1 Å². The van der Waals surface area contributed by atoms with Crippen LogP contribution in [-0.2, 0) is 11.3 Å². The number of hydrogen-bond acceptors (Lipinski definition) is 3. The third-order valence-electron chi connectivity index (χ3n) is 2.09. The first-order chi connectivity index (χ1) is 7.06. The Morgan fingerprint density at radius 3 is 2.87 bits per heavy atom. The van der Waals surface area contributed by atoms with E-state index < -0.39 is 0 Å². The van der Waals surface area contributed by atoms with Crippen molar-refractivity contribution in [2.45, 2.75) is 30.8 Å². The summed E-state index contributed by atoms with van der Waals surface area (Å²) < 4.78 is 2.03. The Hall–Kier alpha value is -0.970. The van der Waals surface area contributed by atoms with Crippen LogP contribution in [0.5, 0.6) is 0 Å². The molecule has 0 aliphatic heterocycles. The van der Waals surface area contributed by atoms with Crippen LogP contribution in [0.4, 0.5) is 0 Å². The SMILES string of the molecule is CCn1ccnc1SC(C)C(=O)N(C)C. The summed E-state index contributed by atoms with van der Waals surface area (Å²) in [6.45, 7) is 4.84. The molecule has 1 amide bonds. The molecule has 1 heterocycles. The number of imidazole rings is 1. The number of rotatable bonds is 4. The molecule has 1 aromatic rings. The molecule has 0 fully saturated rings. The van der Waals surface area contributed by atoms with E-state index >= 15 is 0 Å². The fourth-order valence-corrected chi connectivity index (χ4v) is 2.30. The second kappa shape index (κ2) is 5.21. The van der Waals surface area contributed by atoms with Crippen LogP contribution in [0.1, 0.15) is 13.8 Å². The average molecular weight is 227 g/mol. The predicted octanol–water partition coefficient (Wildman–Crippen LogP) is 1.47. The van der Waals surface area contributed by atoms with E-state index in [9.17, 15) is 4.79 Å². The van der Waals surface area contributed by atoms with Gasteiger partial charge in [0.25, 0.3) is 0 Å². The molecule has 0 aliphatic rings. The number of aromatic nitrogens is 2. The lowest BCUT2D eigenvalue weighted by Crippen LogP contribution is -2.29. The highest BCUT2D eigenvalue weighted by atomic mass is 32.2. The van der Waals surface area contributed by atoms with Crippen LogP contribution in [0.25, 0.3) is 0 Å². The Labute approximate surface area is 94.7 Å². The van der Waals surface area contributed by atoms with E-state index in [1.807, 2.05) is 17.7 Å². The standard InChI is InChI=1S/C10H17N3OS/c1-5-13-7-6-11-10(13)15-8(2)9(14)12(3)4/h6-8H,5H2,1-4H3. The minimum atomic E-state index is -0.0901. The number of thioether (sulfide) groups is 1. The van der Waals surface area contributed by atoms with Gasteiger partial charge in [0.15, 0.2) is 5.16 Å². The molecule has 0 bridgehead atoms. The smallest absolute Gasteiger partial charge is 0.235 e. The van der Waals surface area contributed by atoms with Gasteiger partial charge in [-0.15, -0.1) is 0 Å². The maximum Gasteiger partial charge on any atom is 0.235 e. The van der Waals surface area contributed by atoms with Gasteiger partial charge < -0.3 is 9.47 Å². The molecule has 0 saturated carbocycles. The van der Waals surface area contributed by atoms with Gasteiger partial charge in [0, 0.05) is 33.0 Å². The van der Waals surface area contributed by atoms with Gasteiger partial charge in [0.1, 0.15) is 0 Å². The van der Waals surface area contributed by atoms with Crippen LogP contribution in [0, 0.1) is 0 Å². The van der Waals surface area contributed by atoms with Gasteiger partial charge in [-0.3, -0.25) is 4.79 Å². The van der Waals surface area contributed by atoms with Crippen molar-refractivity contribution in [1.29, 1.82) is 0 Å². The van der Waals surface area contributed by atoms with Crippen molar-refractivity contribution in [1.82, 2.24) is 14.5 Å². The number of hydrogen-bond donors (Lipinski definition) is 0. The number of carbonyl (C=O) groups excluding carboxylic acids is 1. The Morgan fingerprint density at radius 2 is 2.33 bits per heavy atom. The van der Waals surface area contributed by atoms with Crippen LogP contribution < -0.4 is 0 Å². The van der Waals surface area contributed by atoms with Gasteiger partial charge in [-0.1, -0.05) is 11.8 Å². The molecule has 0 radical (unpaired) electrons. The molecule has 1 unspecified atom stereocenters. The fourth-order valence-electron chi connectivity index (χ4n) is 1.23. The molecule has 1 atom stereocenters. The number of amides is 1. The summed E-state index contributed by atoms with van der Waals surface area (Å²) >= 11 is 1.50. The lowest BCUT2D eigenvalue weighted by atomic mass is 10.4. The van der Waals surface area contributed by atoms with Crippen LogP contribution in [0.3, 0.4) is 0 Å². The third-order valence-corrected chi connectivity index (χ3v) is 3.19. The quantitative estimate of drug-likeness (QED) is 0.731. The third kappa shape index (κ3) is 2.99. The average Bonchev–Trinajstić information content (AvgIpc) is 2.63. The van der Waals surface area contributed by atoms with E-state index in [1.165, 1.54) is 11.8 Å². The second-order valence-corrected chi connectivity index (χ2v) is 4.80. The zero-order valence-corrected chi connectivity index (χ0v) is 10.4. The maximum atomic E-state index is 11.6. The zero-order valence-electron chi connectivity index (χ0n) is 9.60. The second-order valence-electron chi connectivity index (χ2n) is 3.49. The first-order valence-corrected chi connectivity index (χ1v) is 5.83. The first-order valence-electron chi connectivity index (χ1n) is 4.95. The lowest BCUT2D eigenvalue weighted by molar-refractivity contribution is -0.127. The Kier molecular flexibility index (Phi) is 4.20. The molecular formula is C10H17N3OS. The Morgan fingerprint density at radius 1 is 1.67 bits per heavy atom. The predicted molar refractivity (Wildman–Crippen MR) is 61.9 cm³/mol. The monoisotopic (exact) mass is 227 g/mol. The highest BCUT2D eigenvalue weighted by Gasteiger charge is 2.18. The van der Waals surface area contributed by atoms with E-state index in [2.05, 4.69) is 11.9 Å². The van der Waals surface area contributed by atoms with Crippen molar-refractivity contribution in [2.75, 3.05) is 14.1 Å². The van der Waals surface area contributed by atoms with Crippen LogP contribution in [-0.4, -0.2) is 39.7 Å². The molecule has 0 spiro atoms. The summed E-state index contributed by atoms with van der Waals surface area (Å²) in [5.74, 6) is 0.116. The molecule has 1 aromatic heterocycles. The molecule has 0 aromatic carbocycles. The van der Waals surface area contributed by atoms with E-state index in [4.69, 9.17) is 0 Å². The molecule has 15 heavy (non-hydrogen) atoms. The molecule has 4 nitrogen and oxygen atoms in total. The maximum absolute atomic E-state index is 11.6. The van der Waals surface area contributed by atoms with Gasteiger partial charge in [-0.05, 0) is 13.8 Å². The highest BCUT2D eigenvalue weighted by molar-refractivity contribution is 8.00. The summed E-state index contributed by atoms with van der Waals surface area (Å²) in [6, 6.07) is 0. The van der Waals surface area contributed by atoms with Crippen molar-refractivity contribution in [3.05, 3.63) is 12.4 Å². The summed E-state index contributed by atoms with van der Waals surface area (Å²) in [5.41, 5.74) is 0. The molecule has 0 N–H and O–H groups in total. The molecule has 0 saturated heterocycles. The van der Waals surface area contributed by atoms with Crippen LogP contribution in [0.15, 0.2) is 17.6 Å². The van der Waals surface area contributed by atoms with Crippen molar-refractivity contribution in [3.8, 4) is 0 Å². The van der Waals surface area contributed by atoms with Gasteiger partial charge in [-0.25, -0.2) is 4.98 Å². The molecule has 1 rings (SSSR count). The first kappa shape index (κ1) is 12.1. The van der Waals surface area contributed by atoms with Gasteiger partial charge >= 0.3 is 0 Å². The normalized spacial score (nSPS) is 12.5. The van der Waals surface area contributed by atoms with Crippen LogP contribution in [0.2, 0.25) is 0 Å². The van der Waals surface area contributed by atoms with Gasteiger partial charge in [0.2, 0.25) is 5.91 Å². The highest BCUT2D eigenvalue weighted by Crippen LogP contribution is 2.22. The Balaban J connectivity index is 2.66. The van der Waals surface area contributed by atoms with E-state index in [0.717, 1.165) is 11.7 Å². The molecule has 5 heteroatoms. The minimum absolute atomic E-state index is 0.0901.